The topological polar surface area (TPSA) is 59.8 Å². The first kappa shape index (κ1) is 13.0. The van der Waals surface area contributed by atoms with Crippen LogP contribution >= 0.6 is 15.9 Å². The zero-order valence-electron chi connectivity index (χ0n) is 10.8. The van der Waals surface area contributed by atoms with Crippen LogP contribution in [0, 0.1) is 0 Å². The second kappa shape index (κ2) is 4.35. The number of halogens is 1. The number of hydrogen-bond donors (Lipinski definition) is 1. The molecule has 0 atom stereocenters. The molecule has 2 rings (SSSR count). The summed E-state index contributed by atoms with van der Waals surface area (Å²) in [6, 6.07) is 0. The maximum Gasteiger partial charge on any atom is 0.255 e. The molecule has 2 aromatic heterocycles. The first-order valence-electron chi connectivity index (χ1n) is 5.58. The van der Waals surface area contributed by atoms with Gasteiger partial charge in [0.2, 0.25) is 0 Å². The van der Waals surface area contributed by atoms with Gasteiger partial charge in [0.05, 0.1) is 11.8 Å². The van der Waals surface area contributed by atoms with E-state index in [0.29, 0.717) is 21.3 Å². The third kappa shape index (κ3) is 2.53. The van der Waals surface area contributed by atoms with Crippen molar-refractivity contribution in [3.8, 4) is 0 Å². The van der Waals surface area contributed by atoms with Crippen LogP contribution in [0.1, 0.15) is 31.1 Å². The van der Waals surface area contributed by atoms with Crippen molar-refractivity contribution in [3.63, 3.8) is 0 Å². The summed E-state index contributed by atoms with van der Waals surface area (Å²) in [5.41, 5.74) is 1.56. The van der Waals surface area contributed by atoms with Gasteiger partial charge in [-0.1, -0.05) is 0 Å². The number of nitrogens with zero attached hydrogens (tertiary/aromatic N) is 3. The summed E-state index contributed by atoms with van der Waals surface area (Å²) in [7, 11) is 1.85. The summed E-state index contributed by atoms with van der Waals surface area (Å²) < 4.78 is 2.41. The van der Waals surface area contributed by atoms with E-state index in [2.05, 4.69) is 31.2 Å². The van der Waals surface area contributed by atoms with Crippen LogP contribution in [0.25, 0.3) is 11.2 Å². The van der Waals surface area contributed by atoms with Gasteiger partial charge in [0, 0.05) is 18.8 Å². The maximum atomic E-state index is 12.2. The summed E-state index contributed by atoms with van der Waals surface area (Å²) in [4.78, 5) is 20.8. The van der Waals surface area contributed by atoms with E-state index in [9.17, 15) is 4.79 Å². The Morgan fingerprint density at radius 2 is 2.11 bits per heavy atom. The van der Waals surface area contributed by atoms with E-state index in [-0.39, 0.29) is 11.4 Å². The molecule has 1 amide bonds. The van der Waals surface area contributed by atoms with E-state index < -0.39 is 0 Å². The highest BCUT2D eigenvalue weighted by Gasteiger charge is 2.20. The molecule has 2 aromatic rings. The highest BCUT2D eigenvalue weighted by molar-refractivity contribution is 9.10. The van der Waals surface area contributed by atoms with Gasteiger partial charge in [-0.25, -0.2) is 9.97 Å². The van der Waals surface area contributed by atoms with Gasteiger partial charge in [-0.15, -0.1) is 0 Å². The second-order valence-corrected chi connectivity index (χ2v) is 6.04. The molecule has 1 N–H and O–H groups in total. The Morgan fingerprint density at radius 3 is 2.72 bits per heavy atom. The fourth-order valence-corrected chi connectivity index (χ4v) is 1.97. The average molecular weight is 311 g/mol. The van der Waals surface area contributed by atoms with Crippen LogP contribution in [-0.4, -0.2) is 26.0 Å². The molecular weight excluding hydrogens is 296 g/mol. The molecule has 2 heterocycles. The van der Waals surface area contributed by atoms with Crippen molar-refractivity contribution in [2.75, 3.05) is 0 Å². The summed E-state index contributed by atoms with van der Waals surface area (Å²) in [5.74, 6) is -0.138. The molecule has 0 saturated carbocycles. The molecule has 6 heteroatoms. The molecule has 96 valence electrons. The van der Waals surface area contributed by atoms with E-state index in [1.807, 2.05) is 27.8 Å². The average Bonchev–Trinajstić information content (AvgIpc) is 2.53. The first-order valence-corrected chi connectivity index (χ1v) is 6.37. The summed E-state index contributed by atoms with van der Waals surface area (Å²) in [6.07, 6.45) is 3.37. The Bertz CT molecular complexity index is 612. The van der Waals surface area contributed by atoms with Crippen LogP contribution in [0.2, 0.25) is 0 Å². The summed E-state index contributed by atoms with van der Waals surface area (Å²) in [5, 5.41) is 2.93. The third-order valence-corrected chi connectivity index (χ3v) is 2.75. The fraction of sp³-hybridized carbons (Fsp3) is 0.417. The van der Waals surface area contributed by atoms with Crippen LogP contribution in [-0.2, 0) is 7.05 Å². The van der Waals surface area contributed by atoms with Crippen LogP contribution in [0.5, 0.6) is 0 Å². The number of amides is 1. The standard InChI is InChI=1S/C12H15BrN4O/c1-12(2,3)16-11(18)7-6-17(4)10-9(7)15-8(13)5-14-10/h5-6H,1-4H3,(H,16,18). The minimum absolute atomic E-state index is 0.138. The van der Waals surface area contributed by atoms with Gasteiger partial charge in [0.25, 0.3) is 5.91 Å². The zero-order valence-corrected chi connectivity index (χ0v) is 12.4. The molecule has 0 aliphatic heterocycles. The molecule has 0 bridgehead atoms. The Balaban J connectivity index is 2.51. The van der Waals surface area contributed by atoms with Crippen molar-refractivity contribution in [3.05, 3.63) is 22.6 Å². The minimum Gasteiger partial charge on any atom is -0.347 e. The van der Waals surface area contributed by atoms with Crippen molar-refractivity contribution in [1.29, 1.82) is 0 Å². The molecule has 0 aliphatic rings. The first-order chi connectivity index (χ1) is 8.28. The van der Waals surface area contributed by atoms with Crippen molar-refractivity contribution in [2.45, 2.75) is 26.3 Å². The van der Waals surface area contributed by atoms with Gasteiger partial charge >= 0.3 is 0 Å². The van der Waals surface area contributed by atoms with Crippen LogP contribution in [0.3, 0.4) is 0 Å². The number of fused-ring (bicyclic) bond motifs is 1. The van der Waals surface area contributed by atoms with Gasteiger partial charge < -0.3 is 9.88 Å². The van der Waals surface area contributed by atoms with Crippen LogP contribution < -0.4 is 5.32 Å². The Labute approximate surface area is 114 Å². The highest BCUT2D eigenvalue weighted by Crippen LogP contribution is 2.19. The number of aryl methyl sites for hydroxylation is 1. The Hall–Kier alpha value is -1.43. The van der Waals surface area contributed by atoms with Gasteiger partial charge in [0.1, 0.15) is 10.1 Å². The maximum absolute atomic E-state index is 12.2. The molecule has 5 nitrogen and oxygen atoms in total. The van der Waals surface area contributed by atoms with Crippen LogP contribution in [0.4, 0.5) is 0 Å². The Morgan fingerprint density at radius 1 is 1.44 bits per heavy atom. The van der Waals surface area contributed by atoms with Gasteiger partial charge in [-0.3, -0.25) is 4.79 Å². The van der Waals surface area contributed by atoms with Crippen LogP contribution in [0.15, 0.2) is 17.0 Å². The van der Waals surface area contributed by atoms with Gasteiger partial charge in [-0.2, -0.15) is 0 Å². The second-order valence-electron chi connectivity index (χ2n) is 5.22. The quantitative estimate of drug-likeness (QED) is 0.879. The molecule has 0 aromatic carbocycles. The van der Waals surface area contributed by atoms with Gasteiger partial charge in [0.15, 0.2) is 5.65 Å². The largest absolute Gasteiger partial charge is 0.347 e. The molecule has 0 fully saturated rings. The minimum atomic E-state index is -0.279. The van der Waals surface area contributed by atoms with Gasteiger partial charge in [-0.05, 0) is 36.7 Å². The summed E-state index contributed by atoms with van der Waals surface area (Å²) in [6.45, 7) is 5.83. The highest BCUT2D eigenvalue weighted by atomic mass is 79.9. The van der Waals surface area contributed by atoms with Crippen molar-refractivity contribution in [2.24, 2.45) is 7.05 Å². The van der Waals surface area contributed by atoms with Crippen molar-refractivity contribution < 1.29 is 4.79 Å². The lowest BCUT2D eigenvalue weighted by Gasteiger charge is -2.19. The van der Waals surface area contributed by atoms with E-state index in [4.69, 9.17) is 0 Å². The number of aromatic nitrogens is 3. The molecule has 0 spiro atoms. The predicted octanol–water partition coefficient (Wildman–Crippen LogP) is 2.26. The van der Waals surface area contributed by atoms with Crippen molar-refractivity contribution in [1.82, 2.24) is 19.9 Å². The lowest BCUT2D eigenvalue weighted by molar-refractivity contribution is 0.0921. The number of rotatable bonds is 1. The summed E-state index contributed by atoms with van der Waals surface area (Å²) >= 11 is 3.27. The molecule has 18 heavy (non-hydrogen) atoms. The monoisotopic (exact) mass is 310 g/mol. The Kier molecular flexibility index (Phi) is 3.14. The molecule has 0 radical (unpaired) electrons. The number of hydrogen-bond acceptors (Lipinski definition) is 3. The lowest BCUT2D eigenvalue weighted by atomic mass is 10.1. The van der Waals surface area contributed by atoms with Crippen molar-refractivity contribution >= 4 is 33.0 Å². The SMILES string of the molecule is Cn1cc(C(=O)NC(C)(C)C)c2nc(Br)cnc21. The fourth-order valence-electron chi connectivity index (χ4n) is 1.69. The van der Waals surface area contributed by atoms with E-state index >= 15 is 0 Å². The van der Waals surface area contributed by atoms with E-state index in [1.165, 1.54) is 0 Å². The zero-order chi connectivity index (χ0) is 13.5. The molecule has 0 unspecified atom stereocenters. The lowest BCUT2D eigenvalue weighted by Crippen LogP contribution is -2.40. The number of carbonyl (C=O) groups excluding carboxylic acids is 1. The number of carbonyl (C=O) groups is 1. The predicted molar refractivity (Wildman–Crippen MR) is 73.4 cm³/mol. The van der Waals surface area contributed by atoms with E-state index in [1.54, 1.807) is 17.0 Å². The molecular formula is C12H15BrN4O. The number of nitrogens with one attached hydrogen (secondary N) is 1. The normalized spacial score (nSPS) is 11.8. The van der Waals surface area contributed by atoms with E-state index in [0.717, 1.165) is 0 Å². The smallest absolute Gasteiger partial charge is 0.255 e. The third-order valence-electron chi connectivity index (χ3n) is 2.37. The molecule has 0 aliphatic carbocycles. The molecule has 0 saturated heterocycles.